The molecule has 1 fully saturated rings. The van der Waals surface area contributed by atoms with Crippen molar-refractivity contribution in [3.05, 3.63) is 50.2 Å². The first-order valence-corrected chi connectivity index (χ1v) is 10.3. The van der Waals surface area contributed by atoms with Crippen LogP contribution in [0.15, 0.2) is 30.3 Å². The molecule has 0 aliphatic carbocycles. The Morgan fingerprint density at radius 2 is 1.81 bits per heavy atom. The topological polar surface area (TPSA) is 105 Å². The van der Waals surface area contributed by atoms with Gasteiger partial charge in [0, 0.05) is 37.9 Å². The number of rotatable bonds is 6. The number of hydrogen-bond donors (Lipinski definition) is 1. The van der Waals surface area contributed by atoms with Crippen molar-refractivity contribution in [1.29, 1.82) is 0 Å². The van der Waals surface area contributed by atoms with E-state index in [1.807, 2.05) is 4.90 Å². The van der Waals surface area contributed by atoms with E-state index in [0.29, 0.717) is 41.6 Å². The smallest absolute Gasteiger partial charge is 0.406 e. The molecule has 0 bridgehead atoms. The number of hydrogen-bond acceptors (Lipinski definition) is 7. The molecule has 1 aliphatic rings. The minimum absolute atomic E-state index is 0.0480. The molecule has 13 heteroatoms. The van der Waals surface area contributed by atoms with Crippen LogP contribution in [0.1, 0.15) is 14.5 Å². The van der Waals surface area contributed by atoms with E-state index < -0.39 is 11.3 Å². The molecule has 2 amide bonds. The largest absolute Gasteiger partial charge is 0.573 e. The molecule has 0 atom stereocenters. The summed E-state index contributed by atoms with van der Waals surface area (Å²) in [4.78, 5) is 39.5. The molecule has 1 aliphatic heterocycles. The number of ether oxygens (including phenoxy) is 1. The van der Waals surface area contributed by atoms with Crippen molar-refractivity contribution in [2.45, 2.75) is 13.3 Å². The maximum atomic E-state index is 12.6. The monoisotopic (exact) mass is 472 g/mol. The molecule has 0 radical (unpaired) electrons. The maximum Gasteiger partial charge on any atom is 0.573 e. The van der Waals surface area contributed by atoms with Crippen molar-refractivity contribution < 1.29 is 32.4 Å². The molecular weight excluding hydrogens is 453 g/mol. The Kier molecular flexibility index (Phi) is 6.99. The Balaban J connectivity index is 1.47. The van der Waals surface area contributed by atoms with Crippen LogP contribution in [-0.2, 0) is 4.79 Å². The number of nitrogens with one attached hydrogen (secondary N) is 1. The van der Waals surface area contributed by atoms with Gasteiger partial charge in [-0.1, -0.05) is 0 Å². The van der Waals surface area contributed by atoms with Crippen LogP contribution in [0.5, 0.6) is 5.75 Å². The Morgan fingerprint density at radius 1 is 1.19 bits per heavy atom. The van der Waals surface area contributed by atoms with Gasteiger partial charge in [0.1, 0.15) is 5.75 Å². The van der Waals surface area contributed by atoms with Crippen LogP contribution in [0.25, 0.3) is 0 Å². The molecule has 0 unspecified atom stereocenters. The maximum absolute atomic E-state index is 12.6. The summed E-state index contributed by atoms with van der Waals surface area (Å²) >= 11 is 1.08. The van der Waals surface area contributed by atoms with Crippen molar-refractivity contribution >= 4 is 34.5 Å². The SMILES string of the molecule is Cc1sc(C(=O)N2CCN(CC(=O)Nc3ccc(OC(F)(F)F)cc3)CC2)cc1[N+](=O)[O-]. The quantitative estimate of drug-likeness (QED) is 0.511. The van der Waals surface area contributed by atoms with Crippen molar-refractivity contribution in [1.82, 2.24) is 9.80 Å². The van der Waals surface area contributed by atoms with Gasteiger partial charge in [0.2, 0.25) is 5.91 Å². The van der Waals surface area contributed by atoms with Crippen LogP contribution in [0.4, 0.5) is 24.5 Å². The lowest BCUT2D eigenvalue weighted by Crippen LogP contribution is -2.50. The molecule has 32 heavy (non-hydrogen) atoms. The number of carbonyl (C=O) groups is 2. The van der Waals surface area contributed by atoms with Gasteiger partial charge >= 0.3 is 6.36 Å². The summed E-state index contributed by atoms with van der Waals surface area (Å²) in [6.45, 7) is 3.23. The predicted molar refractivity (Wildman–Crippen MR) is 110 cm³/mol. The Hall–Kier alpha value is -3.19. The summed E-state index contributed by atoms with van der Waals surface area (Å²) in [5.74, 6) is -1.02. The average Bonchev–Trinajstić information content (AvgIpc) is 3.10. The molecule has 1 saturated heterocycles. The predicted octanol–water partition coefficient (Wildman–Crippen LogP) is 3.26. The van der Waals surface area contributed by atoms with E-state index in [9.17, 15) is 32.9 Å². The number of aryl methyl sites for hydroxylation is 1. The minimum atomic E-state index is -4.79. The number of nitro groups is 1. The number of anilines is 1. The number of nitrogens with zero attached hydrogens (tertiary/aromatic N) is 3. The zero-order valence-corrected chi connectivity index (χ0v) is 17.7. The number of benzene rings is 1. The minimum Gasteiger partial charge on any atom is -0.406 e. The second-order valence-corrected chi connectivity index (χ2v) is 8.25. The number of alkyl halides is 3. The molecule has 2 aromatic rings. The van der Waals surface area contributed by atoms with Gasteiger partial charge in [-0.3, -0.25) is 24.6 Å². The van der Waals surface area contributed by atoms with Gasteiger partial charge in [-0.05, 0) is 31.2 Å². The first-order chi connectivity index (χ1) is 15.0. The van der Waals surface area contributed by atoms with Crippen LogP contribution in [-0.4, -0.2) is 65.6 Å². The zero-order chi connectivity index (χ0) is 23.5. The van der Waals surface area contributed by atoms with E-state index >= 15 is 0 Å². The number of thiophene rings is 1. The molecule has 0 saturated carbocycles. The Labute approximate surface area is 184 Å². The van der Waals surface area contributed by atoms with Crippen molar-refractivity contribution in [3.63, 3.8) is 0 Å². The van der Waals surface area contributed by atoms with Gasteiger partial charge in [0.15, 0.2) is 0 Å². The van der Waals surface area contributed by atoms with Gasteiger partial charge in [-0.15, -0.1) is 24.5 Å². The third kappa shape index (κ3) is 6.17. The van der Waals surface area contributed by atoms with E-state index in [4.69, 9.17) is 0 Å². The van der Waals surface area contributed by atoms with Gasteiger partial charge in [0.05, 0.1) is 21.2 Å². The third-order valence-electron chi connectivity index (χ3n) is 4.70. The standard InChI is InChI=1S/C19H19F3N4O5S/c1-12-15(26(29)30)10-16(32-12)18(28)25-8-6-24(7-9-25)11-17(27)23-13-2-4-14(5-3-13)31-19(20,21)22/h2-5,10H,6-9,11H2,1H3,(H,23,27). The molecule has 1 N–H and O–H groups in total. The number of carbonyl (C=O) groups excluding carboxylic acids is 2. The van der Waals surface area contributed by atoms with Crippen molar-refractivity contribution in [2.24, 2.45) is 0 Å². The van der Waals surface area contributed by atoms with Crippen LogP contribution < -0.4 is 10.1 Å². The van der Waals surface area contributed by atoms with Crippen LogP contribution in [0, 0.1) is 17.0 Å². The number of halogens is 3. The fraction of sp³-hybridized carbons (Fsp3) is 0.368. The number of piperazine rings is 1. The highest BCUT2D eigenvalue weighted by Crippen LogP contribution is 2.29. The van der Waals surface area contributed by atoms with Crippen LogP contribution in [0.3, 0.4) is 0 Å². The van der Waals surface area contributed by atoms with E-state index in [2.05, 4.69) is 10.1 Å². The summed E-state index contributed by atoms with van der Waals surface area (Å²) in [6, 6.07) is 6.09. The normalized spacial score (nSPS) is 14.8. The van der Waals surface area contributed by atoms with Crippen molar-refractivity contribution in [3.8, 4) is 5.75 Å². The summed E-state index contributed by atoms with van der Waals surface area (Å²) in [6.07, 6.45) is -4.79. The molecule has 1 aromatic carbocycles. The summed E-state index contributed by atoms with van der Waals surface area (Å²) in [5.41, 5.74) is 0.250. The highest BCUT2D eigenvalue weighted by Gasteiger charge is 2.31. The van der Waals surface area contributed by atoms with Gasteiger partial charge in [-0.2, -0.15) is 0 Å². The Morgan fingerprint density at radius 3 is 2.34 bits per heavy atom. The zero-order valence-electron chi connectivity index (χ0n) is 16.8. The lowest BCUT2D eigenvalue weighted by molar-refractivity contribution is -0.385. The number of amides is 2. The molecule has 9 nitrogen and oxygen atoms in total. The molecular formula is C19H19F3N4O5S. The van der Waals surface area contributed by atoms with Crippen molar-refractivity contribution in [2.75, 3.05) is 38.0 Å². The molecule has 2 heterocycles. The van der Waals surface area contributed by atoms with E-state index in [-0.39, 0.29) is 29.8 Å². The summed E-state index contributed by atoms with van der Waals surface area (Å²) in [7, 11) is 0. The van der Waals surface area contributed by atoms with E-state index in [1.54, 1.807) is 11.8 Å². The fourth-order valence-electron chi connectivity index (χ4n) is 3.17. The second-order valence-electron chi connectivity index (χ2n) is 7.00. The lowest BCUT2D eigenvalue weighted by atomic mass is 10.2. The van der Waals surface area contributed by atoms with Crippen LogP contribution >= 0.6 is 11.3 Å². The first-order valence-electron chi connectivity index (χ1n) is 9.44. The van der Waals surface area contributed by atoms with E-state index in [1.165, 1.54) is 18.2 Å². The van der Waals surface area contributed by atoms with Crippen LogP contribution in [0.2, 0.25) is 0 Å². The summed E-state index contributed by atoms with van der Waals surface area (Å²) < 4.78 is 40.3. The molecule has 1 aromatic heterocycles. The second kappa shape index (κ2) is 9.53. The highest BCUT2D eigenvalue weighted by molar-refractivity contribution is 7.14. The molecule has 0 spiro atoms. The lowest BCUT2D eigenvalue weighted by Gasteiger charge is -2.34. The first kappa shape index (κ1) is 23.5. The molecule has 3 rings (SSSR count). The van der Waals surface area contributed by atoms with Gasteiger partial charge < -0.3 is 15.0 Å². The van der Waals surface area contributed by atoms with E-state index in [0.717, 1.165) is 23.5 Å². The van der Waals surface area contributed by atoms with Gasteiger partial charge in [0.25, 0.3) is 11.6 Å². The summed E-state index contributed by atoms with van der Waals surface area (Å²) in [5, 5.41) is 13.6. The fourth-order valence-corrected chi connectivity index (χ4v) is 4.12. The van der Waals surface area contributed by atoms with Gasteiger partial charge in [-0.25, -0.2) is 0 Å². The Bertz CT molecular complexity index is 1000. The molecule has 172 valence electrons. The third-order valence-corrected chi connectivity index (χ3v) is 5.73. The average molecular weight is 472 g/mol. The highest BCUT2D eigenvalue weighted by atomic mass is 32.1.